The lowest BCUT2D eigenvalue weighted by atomic mass is 10.1. The Morgan fingerprint density at radius 2 is 1.53 bits per heavy atom. The van der Waals surface area contributed by atoms with Crippen molar-refractivity contribution >= 4 is 39.8 Å². The molecule has 0 fully saturated rings. The van der Waals surface area contributed by atoms with Gasteiger partial charge in [0.1, 0.15) is 18.1 Å². The number of nitrogen functional groups attached to an aromatic ring is 1. The molecule has 7 N–H and O–H groups in total. The standard InChI is InChI=1S/C26H31N7O/c1-28-25-16-23(27)24(17-26(25)31-21-8-10-22(34)11-9-21)30-20-6-4-19(5-7-20)29-12-3-13-33-15-14-32(2)18-33/h4-11,14-18,28-31H,3,12-13,27H2,1-2H3/p+1. The highest BCUT2D eigenvalue weighted by Gasteiger charge is 2.09. The van der Waals surface area contributed by atoms with Crippen molar-refractivity contribution in [1.82, 2.24) is 4.57 Å². The number of nitrogens with two attached hydrogens (primary N) is 1. The number of benzene rings is 3. The number of nitrogens with one attached hydrogen (secondary N) is 4. The molecule has 0 saturated carbocycles. The van der Waals surface area contributed by atoms with Crippen LogP contribution in [0, 0.1) is 0 Å². The molecule has 0 spiro atoms. The number of nitrogens with zero attached hydrogens (tertiary/aromatic N) is 2. The van der Waals surface area contributed by atoms with E-state index in [0.717, 1.165) is 53.6 Å². The number of phenolic OH excluding ortho intramolecular Hbond substituents is 1. The first-order valence-corrected chi connectivity index (χ1v) is 11.3. The highest BCUT2D eigenvalue weighted by molar-refractivity contribution is 5.86. The van der Waals surface area contributed by atoms with Gasteiger partial charge in [-0.25, -0.2) is 9.13 Å². The molecule has 4 aromatic rings. The lowest BCUT2D eigenvalue weighted by Gasteiger charge is -2.17. The van der Waals surface area contributed by atoms with Gasteiger partial charge in [0.2, 0.25) is 6.33 Å². The normalized spacial score (nSPS) is 10.6. The lowest BCUT2D eigenvalue weighted by molar-refractivity contribution is -0.671. The molecule has 1 aromatic heterocycles. The molecule has 34 heavy (non-hydrogen) atoms. The second kappa shape index (κ2) is 10.5. The predicted octanol–water partition coefficient (Wildman–Crippen LogP) is 4.63. The quantitative estimate of drug-likeness (QED) is 0.0896. The van der Waals surface area contributed by atoms with E-state index >= 15 is 0 Å². The Hall–Kier alpha value is -4.33. The number of anilines is 7. The fourth-order valence-corrected chi connectivity index (χ4v) is 3.69. The first kappa shape index (κ1) is 22.8. The number of phenols is 1. The second-order valence-electron chi connectivity index (χ2n) is 8.21. The van der Waals surface area contributed by atoms with Crippen molar-refractivity contribution in [1.29, 1.82) is 0 Å². The smallest absolute Gasteiger partial charge is 0.243 e. The molecule has 0 unspecified atom stereocenters. The summed E-state index contributed by atoms with van der Waals surface area (Å²) in [6, 6.07) is 19.0. The fraction of sp³-hybridized carbons (Fsp3) is 0.192. The lowest BCUT2D eigenvalue weighted by Crippen LogP contribution is -2.23. The minimum atomic E-state index is 0.229. The van der Waals surface area contributed by atoms with Crippen LogP contribution in [0.1, 0.15) is 6.42 Å². The molecule has 0 aliphatic heterocycles. The largest absolute Gasteiger partial charge is 0.508 e. The summed E-state index contributed by atoms with van der Waals surface area (Å²) < 4.78 is 4.23. The highest BCUT2D eigenvalue weighted by atomic mass is 16.3. The fourth-order valence-electron chi connectivity index (χ4n) is 3.69. The number of imidazole rings is 1. The first-order chi connectivity index (χ1) is 16.5. The van der Waals surface area contributed by atoms with Gasteiger partial charge < -0.3 is 32.1 Å². The average molecular weight is 459 g/mol. The first-order valence-electron chi connectivity index (χ1n) is 11.3. The molecule has 0 radical (unpaired) electrons. The van der Waals surface area contributed by atoms with Gasteiger partial charge in [-0.2, -0.15) is 0 Å². The van der Waals surface area contributed by atoms with Crippen molar-refractivity contribution in [3.63, 3.8) is 0 Å². The van der Waals surface area contributed by atoms with E-state index in [4.69, 9.17) is 5.73 Å². The second-order valence-corrected chi connectivity index (χ2v) is 8.21. The topological polar surface area (TPSA) is 103 Å². The average Bonchev–Trinajstić information content (AvgIpc) is 3.26. The van der Waals surface area contributed by atoms with Gasteiger partial charge in [0.05, 0.1) is 36.3 Å². The maximum Gasteiger partial charge on any atom is 0.243 e. The van der Waals surface area contributed by atoms with Crippen molar-refractivity contribution in [2.75, 3.05) is 40.6 Å². The van der Waals surface area contributed by atoms with Crippen molar-refractivity contribution in [3.8, 4) is 5.75 Å². The summed E-state index contributed by atoms with van der Waals surface area (Å²) in [5, 5.41) is 22.9. The molecule has 176 valence electrons. The SMILES string of the molecule is CNc1cc(N)c(Nc2ccc(NCCCn3cc[n+](C)c3)cc2)cc1Nc1ccc(O)cc1. The van der Waals surface area contributed by atoms with Gasteiger partial charge >= 0.3 is 0 Å². The van der Waals surface area contributed by atoms with Crippen LogP contribution in [0.15, 0.2) is 79.4 Å². The summed E-state index contributed by atoms with van der Waals surface area (Å²) >= 11 is 0. The molecule has 0 aliphatic carbocycles. The van der Waals surface area contributed by atoms with Gasteiger partial charge in [0.25, 0.3) is 0 Å². The third-order valence-corrected chi connectivity index (χ3v) is 5.52. The maximum absolute atomic E-state index is 9.52. The van der Waals surface area contributed by atoms with Crippen molar-refractivity contribution in [2.45, 2.75) is 13.0 Å². The van der Waals surface area contributed by atoms with Gasteiger partial charge in [-0.1, -0.05) is 0 Å². The summed E-state index contributed by atoms with van der Waals surface area (Å²) in [7, 11) is 3.88. The summed E-state index contributed by atoms with van der Waals surface area (Å²) in [4.78, 5) is 0. The predicted molar refractivity (Wildman–Crippen MR) is 140 cm³/mol. The Balaban J connectivity index is 1.37. The van der Waals surface area contributed by atoms with Crippen LogP contribution in [0.3, 0.4) is 0 Å². The monoisotopic (exact) mass is 458 g/mol. The van der Waals surface area contributed by atoms with Gasteiger partial charge in [0.15, 0.2) is 0 Å². The summed E-state index contributed by atoms with van der Waals surface area (Å²) in [5.74, 6) is 0.229. The molecule has 0 atom stereocenters. The number of aromatic nitrogens is 2. The number of hydrogen-bond donors (Lipinski definition) is 6. The summed E-state index contributed by atoms with van der Waals surface area (Å²) in [5.41, 5.74) is 12.4. The van der Waals surface area contributed by atoms with E-state index in [1.165, 1.54) is 0 Å². The number of aryl methyl sites for hydroxylation is 2. The molecular formula is C26H32N7O+. The summed E-state index contributed by atoms with van der Waals surface area (Å²) in [6.07, 6.45) is 7.26. The van der Waals surface area contributed by atoms with Crippen molar-refractivity contribution in [2.24, 2.45) is 7.05 Å². The van der Waals surface area contributed by atoms with E-state index in [2.05, 4.69) is 50.5 Å². The van der Waals surface area contributed by atoms with E-state index in [9.17, 15) is 5.11 Å². The van der Waals surface area contributed by atoms with E-state index in [1.54, 1.807) is 12.1 Å². The molecule has 8 heteroatoms. The number of hydrogen-bond acceptors (Lipinski definition) is 6. The zero-order valence-corrected chi connectivity index (χ0v) is 19.5. The minimum Gasteiger partial charge on any atom is -0.508 e. The maximum atomic E-state index is 9.52. The third kappa shape index (κ3) is 5.92. The zero-order chi connectivity index (χ0) is 23.9. The van der Waals surface area contributed by atoms with E-state index in [0.29, 0.717) is 5.69 Å². The van der Waals surface area contributed by atoms with Crippen LogP contribution >= 0.6 is 0 Å². The van der Waals surface area contributed by atoms with Crippen molar-refractivity contribution in [3.05, 3.63) is 79.4 Å². The molecule has 1 heterocycles. The molecule has 0 aliphatic rings. The third-order valence-electron chi connectivity index (χ3n) is 5.52. The number of rotatable bonds is 10. The van der Waals surface area contributed by atoms with Crippen LogP contribution in [0.25, 0.3) is 0 Å². The Kier molecular flexibility index (Phi) is 7.07. The molecule has 0 amide bonds. The Bertz CT molecular complexity index is 1220. The van der Waals surface area contributed by atoms with Crippen LogP contribution in [0.4, 0.5) is 39.8 Å². The van der Waals surface area contributed by atoms with Crippen LogP contribution in [-0.2, 0) is 13.6 Å². The molecule has 0 bridgehead atoms. The van der Waals surface area contributed by atoms with E-state index in [1.807, 2.05) is 61.3 Å². The number of aromatic hydroxyl groups is 1. The Morgan fingerprint density at radius 1 is 0.882 bits per heavy atom. The van der Waals surface area contributed by atoms with Crippen LogP contribution < -0.4 is 31.6 Å². The van der Waals surface area contributed by atoms with Gasteiger partial charge in [-0.15, -0.1) is 0 Å². The Morgan fingerprint density at radius 3 is 2.18 bits per heavy atom. The van der Waals surface area contributed by atoms with E-state index < -0.39 is 0 Å². The van der Waals surface area contributed by atoms with Crippen LogP contribution in [0.5, 0.6) is 5.75 Å². The van der Waals surface area contributed by atoms with Crippen molar-refractivity contribution < 1.29 is 9.67 Å². The Labute approximate surface area is 200 Å². The highest BCUT2D eigenvalue weighted by Crippen LogP contribution is 2.35. The van der Waals surface area contributed by atoms with Gasteiger partial charge in [-0.3, -0.25) is 0 Å². The van der Waals surface area contributed by atoms with Crippen LogP contribution in [-0.4, -0.2) is 23.3 Å². The van der Waals surface area contributed by atoms with Gasteiger partial charge in [0, 0.05) is 37.1 Å². The van der Waals surface area contributed by atoms with E-state index in [-0.39, 0.29) is 5.75 Å². The van der Waals surface area contributed by atoms with Crippen LogP contribution in [0.2, 0.25) is 0 Å². The molecule has 4 rings (SSSR count). The molecular weight excluding hydrogens is 426 g/mol. The zero-order valence-electron chi connectivity index (χ0n) is 19.5. The molecule has 3 aromatic carbocycles. The van der Waals surface area contributed by atoms with Gasteiger partial charge in [-0.05, 0) is 60.7 Å². The summed E-state index contributed by atoms with van der Waals surface area (Å²) in [6.45, 7) is 1.88. The molecule has 8 nitrogen and oxygen atoms in total. The molecule has 0 saturated heterocycles. The minimum absolute atomic E-state index is 0.229.